The van der Waals surface area contributed by atoms with Crippen molar-refractivity contribution >= 4 is 17.5 Å². The van der Waals surface area contributed by atoms with Crippen LogP contribution in [0.15, 0.2) is 61.2 Å². The van der Waals surface area contributed by atoms with Crippen LogP contribution in [0.4, 0.5) is 5.69 Å². The number of hydrogen-bond acceptors (Lipinski definition) is 4. The van der Waals surface area contributed by atoms with Crippen LogP contribution in [0.2, 0.25) is 0 Å². The number of benzene rings is 2. The number of imide groups is 1. The number of rotatable bonds is 8. The predicted molar refractivity (Wildman–Crippen MR) is 102 cm³/mol. The van der Waals surface area contributed by atoms with Gasteiger partial charge >= 0.3 is 0 Å². The first kappa shape index (κ1) is 17.7. The van der Waals surface area contributed by atoms with Gasteiger partial charge in [-0.3, -0.25) is 14.5 Å². The standard InChI is InChI=1S/C21H22N2O3/c1-3-15(22-16-10-12-17(26-2)13-11-16)7-6-14-23-20(24)18-8-4-5-9-19(18)21(23)25/h3-5,8-13,15,22H,1,6-7,14H2,2H3/t15-/m1/s1. The van der Waals surface area contributed by atoms with E-state index in [-0.39, 0.29) is 17.9 Å². The van der Waals surface area contributed by atoms with Crippen molar-refractivity contribution in [1.29, 1.82) is 0 Å². The Balaban J connectivity index is 1.54. The van der Waals surface area contributed by atoms with Crippen LogP contribution >= 0.6 is 0 Å². The Labute approximate surface area is 153 Å². The number of ether oxygens (including phenoxy) is 1. The van der Waals surface area contributed by atoms with E-state index in [0.29, 0.717) is 24.1 Å². The van der Waals surface area contributed by atoms with Crippen LogP contribution in [0.3, 0.4) is 0 Å². The number of hydrogen-bond donors (Lipinski definition) is 1. The first-order valence-electron chi connectivity index (χ1n) is 8.62. The van der Waals surface area contributed by atoms with E-state index in [9.17, 15) is 9.59 Å². The summed E-state index contributed by atoms with van der Waals surface area (Å²) in [4.78, 5) is 26.1. The molecule has 1 aliphatic heterocycles. The second kappa shape index (κ2) is 7.87. The number of carbonyl (C=O) groups excluding carboxylic acids is 2. The third-order valence-corrected chi connectivity index (χ3v) is 4.50. The highest BCUT2D eigenvalue weighted by molar-refractivity contribution is 6.21. The van der Waals surface area contributed by atoms with Crippen molar-refractivity contribution in [3.8, 4) is 5.75 Å². The van der Waals surface area contributed by atoms with E-state index in [2.05, 4.69) is 11.9 Å². The van der Waals surface area contributed by atoms with Crippen LogP contribution < -0.4 is 10.1 Å². The van der Waals surface area contributed by atoms with E-state index in [1.54, 1.807) is 31.4 Å². The van der Waals surface area contributed by atoms with Crippen molar-refractivity contribution in [2.75, 3.05) is 19.0 Å². The Bertz CT molecular complexity index is 779. The van der Waals surface area contributed by atoms with Crippen LogP contribution in [-0.2, 0) is 0 Å². The summed E-state index contributed by atoms with van der Waals surface area (Å²) in [5.74, 6) is 0.393. The van der Waals surface area contributed by atoms with Gasteiger partial charge in [0.25, 0.3) is 11.8 Å². The number of fused-ring (bicyclic) bond motifs is 1. The second-order valence-corrected chi connectivity index (χ2v) is 6.16. The van der Waals surface area contributed by atoms with E-state index in [1.807, 2.05) is 30.3 Å². The summed E-state index contributed by atoms with van der Waals surface area (Å²) in [7, 11) is 1.63. The maximum absolute atomic E-state index is 12.4. The lowest BCUT2D eigenvalue weighted by Gasteiger charge is -2.18. The fourth-order valence-corrected chi connectivity index (χ4v) is 3.06. The third-order valence-electron chi connectivity index (χ3n) is 4.50. The molecule has 0 aromatic heterocycles. The summed E-state index contributed by atoms with van der Waals surface area (Å²) in [6, 6.07) is 14.7. The summed E-state index contributed by atoms with van der Waals surface area (Å²) in [5.41, 5.74) is 1.96. The monoisotopic (exact) mass is 350 g/mol. The molecule has 1 heterocycles. The Morgan fingerprint density at radius 1 is 1.08 bits per heavy atom. The summed E-state index contributed by atoms with van der Waals surface area (Å²) in [6.45, 7) is 4.27. The van der Waals surface area contributed by atoms with E-state index in [1.165, 1.54) is 4.90 Å². The van der Waals surface area contributed by atoms with Crippen molar-refractivity contribution in [1.82, 2.24) is 4.90 Å². The first-order chi connectivity index (χ1) is 12.6. The lowest BCUT2D eigenvalue weighted by molar-refractivity contribution is 0.0651. The summed E-state index contributed by atoms with van der Waals surface area (Å²) in [5, 5.41) is 3.38. The molecule has 1 N–H and O–H groups in total. The molecule has 0 saturated heterocycles. The minimum absolute atomic E-state index is 0.0542. The van der Waals surface area contributed by atoms with Crippen LogP contribution in [-0.4, -0.2) is 36.4 Å². The zero-order chi connectivity index (χ0) is 18.5. The van der Waals surface area contributed by atoms with Gasteiger partial charge in [0.15, 0.2) is 0 Å². The van der Waals surface area contributed by atoms with Crippen molar-refractivity contribution < 1.29 is 14.3 Å². The highest BCUT2D eigenvalue weighted by atomic mass is 16.5. The summed E-state index contributed by atoms with van der Waals surface area (Å²) in [6.07, 6.45) is 3.31. The molecule has 26 heavy (non-hydrogen) atoms. The van der Waals surface area contributed by atoms with Crippen molar-refractivity contribution in [3.63, 3.8) is 0 Å². The topological polar surface area (TPSA) is 58.6 Å². The molecule has 0 spiro atoms. The average Bonchev–Trinajstić information content (AvgIpc) is 2.93. The molecule has 2 aromatic rings. The molecule has 2 amide bonds. The molecule has 0 radical (unpaired) electrons. The van der Waals surface area contributed by atoms with Gasteiger partial charge in [0.1, 0.15) is 5.75 Å². The molecule has 1 atom stereocenters. The van der Waals surface area contributed by atoms with Gasteiger partial charge in [-0.25, -0.2) is 0 Å². The fraction of sp³-hybridized carbons (Fsp3) is 0.238. The average molecular weight is 350 g/mol. The summed E-state index contributed by atoms with van der Waals surface area (Å²) < 4.78 is 5.15. The van der Waals surface area contributed by atoms with Crippen molar-refractivity contribution in [3.05, 3.63) is 72.3 Å². The third kappa shape index (κ3) is 3.61. The Kier molecular flexibility index (Phi) is 5.37. The van der Waals surface area contributed by atoms with Crippen LogP contribution in [0, 0.1) is 0 Å². The van der Waals surface area contributed by atoms with Gasteiger partial charge in [0, 0.05) is 18.3 Å². The number of amides is 2. The van der Waals surface area contributed by atoms with E-state index < -0.39 is 0 Å². The number of nitrogens with one attached hydrogen (secondary N) is 1. The quantitative estimate of drug-likeness (QED) is 0.582. The van der Waals surface area contributed by atoms with Gasteiger partial charge in [0.05, 0.1) is 18.2 Å². The maximum Gasteiger partial charge on any atom is 0.261 e. The molecular formula is C21H22N2O3. The van der Waals surface area contributed by atoms with Crippen molar-refractivity contribution in [2.24, 2.45) is 0 Å². The Hall–Kier alpha value is -3.08. The molecular weight excluding hydrogens is 328 g/mol. The zero-order valence-electron chi connectivity index (χ0n) is 14.8. The van der Waals surface area contributed by atoms with Gasteiger partial charge in [0.2, 0.25) is 0 Å². The molecule has 134 valence electrons. The van der Waals surface area contributed by atoms with E-state index in [0.717, 1.165) is 17.9 Å². The minimum atomic E-state index is -0.205. The maximum atomic E-state index is 12.4. The lowest BCUT2D eigenvalue weighted by Crippen LogP contribution is -2.31. The zero-order valence-corrected chi connectivity index (χ0v) is 14.8. The van der Waals surface area contributed by atoms with Gasteiger partial charge in [-0.1, -0.05) is 18.2 Å². The molecule has 0 saturated carbocycles. The van der Waals surface area contributed by atoms with Gasteiger partial charge in [-0.05, 0) is 49.2 Å². The van der Waals surface area contributed by atoms with E-state index >= 15 is 0 Å². The summed E-state index contributed by atoms with van der Waals surface area (Å²) >= 11 is 0. The first-order valence-corrected chi connectivity index (χ1v) is 8.62. The van der Waals surface area contributed by atoms with Gasteiger partial charge in [-0.2, -0.15) is 0 Å². The molecule has 0 bridgehead atoms. The largest absolute Gasteiger partial charge is 0.497 e. The molecule has 1 aliphatic rings. The molecule has 5 nitrogen and oxygen atoms in total. The second-order valence-electron chi connectivity index (χ2n) is 6.16. The van der Waals surface area contributed by atoms with Crippen LogP contribution in [0.5, 0.6) is 5.75 Å². The molecule has 5 heteroatoms. The van der Waals surface area contributed by atoms with Crippen LogP contribution in [0.1, 0.15) is 33.6 Å². The van der Waals surface area contributed by atoms with Gasteiger partial charge < -0.3 is 10.1 Å². The van der Waals surface area contributed by atoms with Gasteiger partial charge in [-0.15, -0.1) is 6.58 Å². The number of methoxy groups -OCH3 is 1. The number of anilines is 1. The van der Waals surface area contributed by atoms with Crippen LogP contribution in [0.25, 0.3) is 0 Å². The number of carbonyl (C=O) groups is 2. The highest BCUT2D eigenvalue weighted by Crippen LogP contribution is 2.23. The smallest absolute Gasteiger partial charge is 0.261 e. The highest BCUT2D eigenvalue weighted by Gasteiger charge is 2.34. The minimum Gasteiger partial charge on any atom is -0.497 e. The normalized spacial score (nSPS) is 14.1. The molecule has 0 fully saturated rings. The lowest BCUT2D eigenvalue weighted by atomic mass is 10.1. The number of nitrogens with zero attached hydrogens (tertiary/aromatic N) is 1. The Morgan fingerprint density at radius 3 is 2.23 bits per heavy atom. The molecule has 3 rings (SSSR count). The molecule has 0 aliphatic carbocycles. The Morgan fingerprint density at radius 2 is 1.69 bits per heavy atom. The van der Waals surface area contributed by atoms with E-state index in [4.69, 9.17) is 4.74 Å². The molecule has 2 aromatic carbocycles. The predicted octanol–water partition coefficient (Wildman–Crippen LogP) is 3.74. The molecule has 0 unspecified atom stereocenters. The fourth-order valence-electron chi connectivity index (χ4n) is 3.06. The SMILES string of the molecule is C=C[C@H](CCCN1C(=O)c2ccccc2C1=O)Nc1ccc(OC)cc1. The van der Waals surface area contributed by atoms with Crippen molar-refractivity contribution in [2.45, 2.75) is 18.9 Å².